The summed E-state index contributed by atoms with van der Waals surface area (Å²) in [5.74, 6) is 1.18. The van der Waals surface area contributed by atoms with Gasteiger partial charge in [0.2, 0.25) is 0 Å². The highest BCUT2D eigenvalue weighted by molar-refractivity contribution is 6.02. The number of unbranched alkanes of at least 4 members (excludes halogenated alkanes) is 1. The topological polar surface area (TPSA) is 81.6 Å². The Kier molecular flexibility index (Phi) is 7.32. The minimum Gasteiger partial charge on any atom is -0.497 e. The Hall–Kier alpha value is -3.74. The fraction of sp³-hybridized carbons (Fsp3) is 0.250. The summed E-state index contributed by atoms with van der Waals surface area (Å²) in [6, 6.07) is 15.7. The molecule has 0 radical (unpaired) electrons. The van der Waals surface area contributed by atoms with E-state index in [2.05, 4.69) is 17.6 Å². The fourth-order valence-electron chi connectivity index (χ4n) is 3.25. The number of ether oxygens (including phenoxy) is 2. The van der Waals surface area contributed by atoms with Gasteiger partial charge in [-0.3, -0.25) is 4.79 Å². The number of urea groups is 1. The molecule has 0 spiro atoms. The van der Waals surface area contributed by atoms with Gasteiger partial charge in [0.05, 0.1) is 14.2 Å². The summed E-state index contributed by atoms with van der Waals surface area (Å²) in [7, 11) is 3.13. The first kappa shape index (κ1) is 22.0. The second kappa shape index (κ2) is 10.3. The minimum absolute atomic E-state index is 0.179. The van der Waals surface area contributed by atoms with Crippen molar-refractivity contribution in [2.45, 2.75) is 26.3 Å². The van der Waals surface area contributed by atoms with E-state index in [0.29, 0.717) is 34.9 Å². The number of aromatic nitrogens is 1. The van der Waals surface area contributed by atoms with Crippen LogP contribution in [-0.2, 0) is 6.54 Å². The van der Waals surface area contributed by atoms with Crippen molar-refractivity contribution < 1.29 is 14.3 Å². The van der Waals surface area contributed by atoms with Crippen LogP contribution in [0.15, 0.2) is 65.6 Å². The van der Waals surface area contributed by atoms with Crippen LogP contribution in [0, 0.1) is 0 Å². The SMILES string of the molecule is CCCCn1ccc(-c2cc(OC)ccc2OC)c(NC(=O)Nc2ccccc2)c1=O. The number of nitrogens with one attached hydrogen (secondary N) is 2. The Morgan fingerprint density at radius 3 is 2.42 bits per heavy atom. The number of rotatable bonds is 8. The van der Waals surface area contributed by atoms with E-state index in [0.717, 1.165) is 12.8 Å². The minimum atomic E-state index is -0.500. The molecule has 0 aliphatic carbocycles. The highest BCUT2D eigenvalue weighted by atomic mass is 16.5. The Balaban J connectivity index is 2.06. The third-order valence-electron chi connectivity index (χ3n) is 4.88. The maximum atomic E-state index is 13.3. The summed E-state index contributed by atoms with van der Waals surface area (Å²) < 4.78 is 12.5. The Morgan fingerprint density at radius 2 is 1.74 bits per heavy atom. The van der Waals surface area contributed by atoms with E-state index in [-0.39, 0.29) is 11.2 Å². The molecule has 0 unspecified atom stereocenters. The molecule has 0 fully saturated rings. The van der Waals surface area contributed by atoms with Crippen molar-refractivity contribution in [1.82, 2.24) is 4.57 Å². The molecule has 1 aromatic heterocycles. The second-order valence-corrected chi connectivity index (χ2v) is 6.97. The van der Waals surface area contributed by atoms with Gasteiger partial charge in [0.25, 0.3) is 5.56 Å². The molecule has 2 aromatic carbocycles. The zero-order valence-electron chi connectivity index (χ0n) is 18.0. The van der Waals surface area contributed by atoms with Crippen molar-refractivity contribution in [3.8, 4) is 22.6 Å². The maximum Gasteiger partial charge on any atom is 0.323 e. The van der Waals surface area contributed by atoms with Crippen LogP contribution in [0.25, 0.3) is 11.1 Å². The van der Waals surface area contributed by atoms with Crippen molar-refractivity contribution in [2.75, 3.05) is 24.9 Å². The summed E-state index contributed by atoms with van der Waals surface area (Å²) in [6.45, 7) is 2.63. The number of anilines is 2. The average molecular weight is 421 g/mol. The van der Waals surface area contributed by atoms with Gasteiger partial charge in [0.1, 0.15) is 17.2 Å². The quantitative estimate of drug-likeness (QED) is 0.538. The Morgan fingerprint density at radius 1 is 0.968 bits per heavy atom. The molecule has 2 N–H and O–H groups in total. The van der Waals surface area contributed by atoms with Crippen LogP contribution in [0.4, 0.5) is 16.2 Å². The summed E-state index contributed by atoms with van der Waals surface area (Å²) in [6.07, 6.45) is 3.55. The zero-order valence-corrected chi connectivity index (χ0v) is 18.0. The van der Waals surface area contributed by atoms with E-state index < -0.39 is 6.03 Å². The second-order valence-electron chi connectivity index (χ2n) is 6.97. The average Bonchev–Trinajstić information content (AvgIpc) is 2.79. The standard InChI is InChI=1S/C24H27N3O4/c1-4-5-14-27-15-13-19(20-16-18(30-2)11-12-21(20)31-3)22(23(27)28)26-24(29)25-17-9-7-6-8-10-17/h6-13,15-16H,4-5,14H2,1-3H3,(H2,25,26,29). The summed E-state index contributed by atoms with van der Waals surface area (Å²) in [5.41, 5.74) is 1.73. The van der Waals surface area contributed by atoms with Crippen LogP contribution in [0.2, 0.25) is 0 Å². The lowest BCUT2D eigenvalue weighted by Gasteiger charge is -2.17. The molecule has 2 amide bonds. The van der Waals surface area contributed by atoms with Gasteiger partial charge in [-0.1, -0.05) is 31.5 Å². The molecule has 1 heterocycles. The van der Waals surface area contributed by atoms with E-state index in [9.17, 15) is 9.59 Å². The summed E-state index contributed by atoms with van der Waals surface area (Å²) in [4.78, 5) is 26.0. The third kappa shape index (κ3) is 5.25. The molecule has 0 saturated carbocycles. The molecule has 0 bridgehead atoms. The van der Waals surface area contributed by atoms with Crippen molar-refractivity contribution in [1.29, 1.82) is 0 Å². The summed E-state index contributed by atoms with van der Waals surface area (Å²) in [5, 5.41) is 5.51. The Labute approximate surface area is 181 Å². The number of methoxy groups -OCH3 is 2. The first-order chi connectivity index (χ1) is 15.1. The molecule has 3 rings (SSSR count). The lowest BCUT2D eigenvalue weighted by atomic mass is 10.0. The number of carbonyl (C=O) groups excluding carboxylic acids is 1. The van der Waals surface area contributed by atoms with Gasteiger partial charge in [-0.2, -0.15) is 0 Å². The Bertz CT molecular complexity index is 1090. The van der Waals surface area contributed by atoms with E-state index in [1.54, 1.807) is 55.3 Å². The van der Waals surface area contributed by atoms with Crippen LogP contribution in [0.3, 0.4) is 0 Å². The highest BCUT2D eigenvalue weighted by Gasteiger charge is 2.18. The molecular formula is C24H27N3O4. The largest absolute Gasteiger partial charge is 0.497 e. The molecular weight excluding hydrogens is 394 g/mol. The van der Waals surface area contributed by atoms with Crippen LogP contribution >= 0.6 is 0 Å². The first-order valence-electron chi connectivity index (χ1n) is 10.2. The zero-order chi connectivity index (χ0) is 22.2. The number of hydrogen-bond acceptors (Lipinski definition) is 4. The molecule has 7 nitrogen and oxygen atoms in total. The van der Waals surface area contributed by atoms with E-state index in [1.165, 1.54) is 0 Å². The van der Waals surface area contributed by atoms with E-state index in [4.69, 9.17) is 9.47 Å². The van der Waals surface area contributed by atoms with Crippen molar-refractivity contribution in [2.24, 2.45) is 0 Å². The highest BCUT2D eigenvalue weighted by Crippen LogP contribution is 2.36. The number of pyridine rings is 1. The summed E-state index contributed by atoms with van der Waals surface area (Å²) >= 11 is 0. The maximum absolute atomic E-state index is 13.3. The predicted molar refractivity (Wildman–Crippen MR) is 123 cm³/mol. The van der Waals surface area contributed by atoms with Gasteiger partial charge in [0.15, 0.2) is 0 Å². The number of amides is 2. The van der Waals surface area contributed by atoms with Crippen molar-refractivity contribution in [3.63, 3.8) is 0 Å². The molecule has 0 atom stereocenters. The number of para-hydroxylation sites is 1. The number of aryl methyl sites for hydroxylation is 1. The van der Waals surface area contributed by atoms with Gasteiger partial charge >= 0.3 is 6.03 Å². The van der Waals surface area contributed by atoms with Crippen LogP contribution in [0.1, 0.15) is 19.8 Å². The van der Waals surface area contributed by atoms with E-state index >= 15 is 0 Å². The lowest BCUT2D eigenvalue weighted by molar-refractivity contribution is 0.262. The van der Waals surface area contributed by atoms with Crippen LogP contribution in [0.5, 0.6) is 11.5 Å². The first-order valence-corrected chi connectivity index (χ1v) is 10.2. The third-order valence-corrected chi connectivity index (χ3v) is 4.88. The van der Waals surface area contributed by atoms with Gasteiger partial charge in [-0.15, -0.1) is 0 Å². The van der Waals surface area contributed by atoms with E-state index in [1.807, 2.05) is 24.3 Å². The van der Waals surface area contributed by atoms with Gasteiger partial charge in [0, 0.05) is 29.6 Å². The molecule has 0 aliphatic heterocycles. The van der Waals surface area contributed by atoms with Crippen molar-refractivity contribution >= 4 is 17.4 Å². The van der Waals surface area contributed by atoms with Gasteiger partial charge in [-0.05, 0) is 42.8 Å². The number of hydrogen-bond donors (Lipinski definition) is 2. The lowest BCUT2D eigenvalue weighted by Crippen LogP contribution is -2.29. The monoisotopic (exact) mass is 421 g/mol. The smallest absolute Gasteiger partial charge is 0.323 e. The predicted octanol–water partition coefficient (Wildman–Crippen LogP) is 4.98. The fourth-order valence-corrected chi connectivity index (χ4v) is 3.25. The van der Waals surface area contributed by atoms with Gasteiger partial charge < -0.3 is 24.7 Å². The number of nitrogens with zero attached hydrogens (tertiary/aromatic N) is 1. The molecule has 31 heavy (non-hydrogen) atoms. The normalized spacial score (nSPS) is 10.4. The molecule has 7 heteroatoms. The molecule has 0 aliphatic rings. The molecule has 0 saturated heterocycles. The van der Waals surface area contributed by atoms with Crippen LogP contribution < -0.4 is 25.7 Å². The van der Waals surface area contributed by atoms with Gasteiger partial charge in [-0.25, -0.2) is 4.79 Å². The molecule has 3 aromatic rings. The molecule has 162 valence electrons. The van der Waals surface area contributed by atoms with Crippen LogP contribution in [-0.4, -0.2) is 24.8 Å². The van der Waals surface area contributed by atoms with Crippen molar-refractivity contribution in [3.05, 3.63) is 71.1 Å². The number of benzene rings is 2. The number of carbonyl (C=O) groups is 1.